The molecule has 0 saturated carbocycles. The molecule has 2 nitrogen and oxygen atoms in total. The molecule has 1 unspecified atom stereocenters. The maximum absolute atomic E-state index is 5.97. The molecule has 1 heterocycles. The number of thioether (sulfide) groups is 1. The molecular weight excluding hydrogens is 276 g/mol. The van der Waals surface area contributed by atoms with E-state index in [2.05, 4.69) is 56.1 Å². The minimum atomic E-state index is 0.237. The summed E-state index contributed by atoms with van der Waals surface area (Å²) in [4.78, 5) is 4.53. The monoisotopic (exact) mass is 300 g/mol. The molecule has 1 atom stereocenters. The van der Waals surface area contributed by atoms with Gasteiger partial charge in [0, 0.05) is 18.0 Å². The van der Waals surface area contributed by atoms with E-state index in [1.54, 1.807) is 11.8 Å². The van der Waals surface area contributed by atoms with E-state index >= 15 is 0 Å². The summed E-state index contributed by atoms with van der Waals surface area (Å²) < 4.78 is 0. The van der Waals surface area contributed by atoms with Gasteiger partial charge in [-0.2, -0.15) is 0 Å². The zero-order valence-corrected chi connectivity index (χ0v) is 13.9. The number of aromatic nitrogens is 1. The molecule has 0 bridgehead atoms. The van der Waals surface area contributed by atoms with Crippen LogP contribution < -0.4 is 5.73 Å². The summed E-state index contributed by atoms with van der Waals surface area (Å²) in [5.41, 5.74) is 11.2. The molecule has 0 radical (unpaired) electrons. The van der Waals surface area contributed by atoms with Crippen LogP contribution in [0.3, 0.4) is 0 Å². The largest absolute Gasteiger partial charge is 0.327 e. The van der Waals surface area contributed by atoms with Crippen LogP contribution in [0.1, 0.15) is 35.6 Å². The van der Waals surface area contributed by atoms with Crippen molar-refractivity contribution in [1.82, 2.24) is 4.98 Å². The van der Waals surface area contributed by atoms with Crippen LogP contribution in [0.25, 0.3) is 0 Å². The summed E-state index contributed by atoms with van der Waals surface area (Å²) >= 11 is 1.78. The van der Waals surface area contributed by atoms with E-state index in [0.717, 1.165) is 23.6 Å². The summed E-state index contributed by atoms with van der Waals surface area (Å²) in [5.74, 6) is 0.962. The number of nitrogens with two attached hydrogens (primary N) is 1. The van der Waals surface area contributed by atoms with Gasteiger partial charge < -0.3 is 5.73 Å². The van der Waals surface area contributed by atoms with Gasteiger partial charge in [-0.05, 0) is 43.9 Å². The highest BCUT2D eigenvalue weighted by Crippen LogP contribution is 2.22. The fourth-order valence-corrected chi connectivity index (χ4v) is 3.15. The second-order valence-electron chi connectivity index (χ2n) is 5.66. The van der Waals surface area contributed by atoms with E-state index in [-0.39, 0.29) is 6.04 Å². The fourth-order valence-electron chi connectivity index (χ4n) is 2.37. The molecule has 0 aliphatic rings. The predicted octanol–water partition coefficient (Wildman–Crippen LogP) is 4.27. The lowest BCUT2D eigenvalue weighted by Gasteiger charge is -2.09. The zero-order chi connectivity index (χ0) is 15.2. The number of hydrogen-bond donors (Lipinski definition) is 1. The Bertz CT molecular complexity index is 558. The summed E-state index contributed by atoms with van der Waals surface area (Å²) in [6, 6.07) is 11.2. The van der Waals surface area contributed by atoms with Crippen LogP contribution in [0.4, 0.5) is 0 Å². The molecule has 0 amide bonds. The minimum Gasteiger partial charge on any atom is -0.327 e. The van der Waals surface area contributed by atoms with E-state index < -0.39 is 0 Å². The van der Waals surface area contributed by atoms with Crippen molar-refractivity contribution in [2.45, 2.75) is 50.4 Å². The first kappa shape index (κ1) is 16.1. The van der Waals surface area contributed by atoms with Gasteiger partial charge in [-0.15, -0.1) is 11.8 Å². The third-order valence-corrected chi connectivity index (χ3v) is 4.50. The number of pyridine rings is 1. The van der Waals surface area contributed by atoms with Gasteiger partial charge in [0.15, 0.2) is 0 Å². The minimum absolute atomic E-state index is 0.237. The number of benzene rings is 1. The van der Waals surface area contributed by atoms with E-state index in [1.165, 1.54) is 22.3 Å². The maximum Gasteiger partial charge on any atom is 0.0963 e. The van der Waals surface area contributed by atoms with Crippen molar-refractivity contribution in [3.63, 3.8) is 0 Å². The first-order valence-corrected chi connectivity index (χ1v) is 8.46. The average Bonchev–Trinajstić information content (AvgIpc) is 2.45. The van der Waals surface area contributed by atoms with Crippen LogP contribution in [-0.4, -0.2) is 11.0 Å². The molecule has 0 spiro atoms. The average molecular weight is 300 g/mol. The normalized spacial score (nSPS) is 12.4. The third-order valence-electron chi connectivity index (χ3n) is 3.49. The second-order valence-corrected chi connectivity index (χ2v) is 6.66. The van der Waals surface area contributed by atoms with Gasteiger partial charge in [-0.1, -0.05) is 42.3 Å². The molecule has 1 aromatic heterocycles. The molecule has 0 aliphatic carbocycles. The first-order valence-electron chi connectivity index (χ1n) is 7.47. The topological polar surface area (TPSA) is 38.9 Å². The number of rotatable bonds is 6. The SMILES string of the molecule is CCC(N)Cc1ccc(SCc2cc(C)cc(C)c2)nc1. The summed E-state index contributed by atoms with van der Waals surface area (Å²) in [5, 5.41) is 1.07. The number of nitrogens with zero attached hydrogens (tertiary/aromatic N) is 1. The molecule has 2 aromatic rings. The summed E-state index contributed by atoms with van der Waals surface area (Å²) in [6.45, 7) is 6.41. The molecule has 3 heteroatoms. The van der Waals surface area contributed by atoms with E-state index in [4.69, 9.17) is 5.73 Å². The van der Waals surface area contributed by atoms with E-state index in [9.17, 15) is 0 Å². The highest BCUT2D eigenvalue weighted by molar-refractivity contribution is 7.98. The van der Waals surface area contributed by atoms with E-state index in [1.807, 2.05) is 6.20 Å². The highest BCUT2D eigenvalue weighted by Gasteiger charge is 2.03. The zero-order valence-electron chi connectivity index (χ0n) is 13.1. The summed E-state index contributed by atoms with van der Waals surface area (Å²) in [6.07, 6.45) is 3.87. The van der Waals surface area contributed by atoms with Crippen molar-refractivity contribution in [2.24, 2.45) is 5.73 Å². The Hall–Kier alpha value is -1.32. The lowest BCUT2D eigenvalue weighted by molar-refractivity contribution is 0.644. The Morgan fingerprint density at radius 2 is 1.81 bits per heavy atom. The van der Waals surface area contributed by atoms with Gasteiger partial charge in [-0.25, -0.2) is 4.98 Å². The molecular formula is C18H24N2S. The molecule has 2 N–H and O–H groups in total. The van der Waals surface area contributed by atoms with Gasteiger partial charge in [0.1, 0.15) is 0 Å². The Morgan fingerprint density at radius 1 is 1.10 bits per heavy atom. The highest BCUT2D eigenvalue weighted by atomic mass is 32.2. The number of hydrogen-bond acceptors (Lipinski definition) is 3. The lowest BCUT2D eigenvalue weighted by atomic mass is 10.1. The van der Waals surface area contributed by atoms with Crippen LogP contribution in [-0.2, 0) is 12.2 Å². The molecule has 2 rings (SSSR count). The Morgan fingerprint density at radius 3 is 2.38 bits per heavy atom. The standard InChI is InChI=1S/C18H24N2S/c1-4-17(19)10-15-5-6-18(20-11-15)21-12-16-8-13(2)7-14(3)9-16/h5-9,11,17H,4,10,12,19H2,1-3H3. The second kappa shape index (κ2) is 7.62. The quantitative estimate of drug-likeness (QED) is 0.810. The Kier molecular flexibility index (Phi) is 5.83. The van der Waals surface area contributed by atoms with Gasteiger partial charge >= 0.3 is 0 Å². The van der Waals surface area contributed by atoms with Crippen molar-refractivity contribution < 1.29 is 0 Å². The van der Waals surface area contributed by atoms with Crippen molar-refractivity contribution in [3.05, 3.63) is 58.8 Å². The van der Waals surface area contributed by atoms with Crippen LogP contribution in [0.2, 0.25) is 0 Å². The van der Waals surface area contributed by atoms with Gasteiger partial charge in [0.2, 0.25) is 0 Å². The third kappa shape index (κ3) is 5.18. The maximum atomic E-state index is 5.97. The number of aryl methyl sites for hydroxylation is 2. The van der Waals surface area contributed by atoms with Crippen LogP contribution in [0, 0.1) is 13.8 Å². The van der Waals surface area contributed by atoms with Crippen LogP contribution in [0.5, 0.6) is 0 Å². The van der Waals surface area contributed by atoms with Crippen LogP contribution >= 0.6 is 11.8 Å². The predicted molar refractivity (Wildman–Crippen MR) is 91.7 cm³/mol. The Balaban J connectivity index is 1.94. The van der Waals surface area contributed by atoms with Crippen molar-refractivity contribution >= 4 is 11.8 Å². The van der Waals surface area contributed by atoms with Crippen molar-refractivity contribution in [3.8, 4) is 0 Å². The summed E-state index contributed by atoms with van der Waals surface area (Å²) in [7, 11) is 0. The van der Waals surface area contributed by atoms with Gasteiger partial charge in [-0.3, -0.25) is 0 Å². The molecule has 112 valence electrons. The molecule has 0 saturated heterocycles. The molecule has 0 aliphatic heterocycles. The van der Waals surface area contributed by atoms with Crippen LogP contribution in [0.15, 0.2) is 41.6 Å². The smallest absolute Gasteiger partial charge is 0.0963 e. The first-order chi connectivity index (χ1) is 10.1. The molecule has 1 aromatic carbocycles. The van der Waals surface area contributed by atoms with Gasteiger partial charge in [0.05, 0.1) is 5.03 Å². The fraction of sp³-hybridized carbons (Fsp3) is 0.389. The van der Waals surface area contributed by atoms with E-state index in [0.29, 0.717) is 0 Å². The molecule has 0 fully saturated rings. The van der Waals surface area contributed by atoms with Gasteiger partial charge in [0.25, 0.3) is 0 Å². The lowest BCUT2D eigenvalue weighted by Crippen LogP contribution is -2.21. The molecule has 21 heavy (non-hydrogen) atoms. The van der Waals surface area contributed by atoms with Crippen molar-refractivity contribution in [2.75, 3.05) is 0 Å². The van der Waals surface area contributed by atoms with Crippen molar-refractivity contribution in [1.29, 1.82) is 0 Å². The Labute approximate surface area is 132 Å².